The van der Waals surface area contributed by atoms with Gasteiger partial charge in [0.25, 0.3) is 5.91 Å². The summed E-state index contributed by atoms with van der Waals surface area (Å²) in [4.78, 5) is 16.7. The van der Waals surface area contributed by atoms with Crippen LogP contribution in [0.5, 0.6) is 5.75 Å². The predicted octanol–water partition coefficient (Wildman–Crippen LogP) is 4.39. The highest BCUT2D eigenvalue weighted by Gasteiger charge is 2.09. The van der Waals surface area contributed by atoms with Crippen molar-refractivity contribution in [1.29, 1.82) is 0 Å². The number of carbonyl (C=O) groups excluding carboxylic acids is 1. The number of nitrogens with zero attached hydrogens (tertiary/aromatic N) is 1. The molecule has 0 radical (unpaired) electrons. The first-order valence-corrected chi connectivity index (χ1v) is 7.90. The zero-order chi connectivity index (χ0) is 17.6. The molecule has 5 heteroatoms. The molecule has 0 spiro atoms. The average molecular weight is 333 g/mol. The SMILES string of the molecule is COc1ccccc1Nc1ccc(NC(=O)c2ccccc2C)cn1. The Labute approximate surface area is 146 Å². The number of hydrogen-bond acceptors (Lipinski definition) is 4. The zero-order valence-electron chi connectivity index (χ0n) is 14.1. The number of benzene rings is 2. The van der Waals surface area contributed by atoms with Gasteiger partial charge in [0, 0.05) is 5.56 Å². The van der Waals surface area contributed by atoms with E-state index in [1.165, 1.54) is 0 Å². The van der Waals surface area contributed by atoms with Crippen molar-refractivity contribution < 1.29 is 9.53 Å². The fraction of sp³-hybridized carbons (Fsp3) is 0.100. The van der Waals surface area contributed by atoms with Crippen LogP contribution in [0.15, 0.2) is 66.9 Å². The Hall–Kier alpha value is -3.34. The van der Waals surface area contributed by atoms with Crippen LogP contribution in [0.3, 0.4) is 0 Å². The van der Waals surface area contributed by atoms with Crippen molar-refractivity contribution in [1.82, 2.24) is 4.98 Å². The topological polar surface area (TPSA) is 63.2 Å². The Kier molecular flexibility index (Phi) is 4.95. The van der Waals surface area contributed by atoms with E-state index >= 15 is 0 Å². The molecule has 0 saturated heterocycles. The molecule has 25 heavy (non-hydrogen) atoms. The molecule has 0 aliphatic carbocycles. The van der Waals surface area contributed by atoms with Gasteiger partial charge in [-0.15, -0.1) is 0 Å². The molecule has 126 valence electrons. The van der Waals surface area contributed by atoms with Crippen molar-refractivity contribution in [3.8, 4) is 5.75 Å². The standard InChI is InChI=1S/C20H19N3O2/c1-14-7-3-4-8-16(14)20(24)22-15-11-12-19(21-13-15)23-17-9-5-6-10-18(17)25-2/h3-13H,1-2H3,(H,21,23)(H,22,24). The maximum absolute atomic E-state index is 12.3. The van der Waals surface area contributed by atoms with E-state index in [1.807, 2.05) is 49.4 Å². The third-order valence-electron chi connectivity index (χ3n) is 3.78. The normalized spacial score (nSPS) is 10.2. The number of para-hydroxylation sites is 2. The highest BCUT2D eigenvalue weighted by Crippen LogP contribution is 2.26. The summed E-state index contributed by atoms with van der Waals surface area (Å²) < 4.78 is 5.31. The number of amides is 1. The molecule has 0 fully saturated rings. The lowest BCUT2D eigenvalue weighted by molar-refractivity contribution is 0.102. The molecule has 0 unspecified atom stereocenters. The highest BCUT2D eigenvalue weighted by molar-refractivity contribution is 6.05. The van der Waals surface area contributed by atoms with Crippen molar-refractivity contribution in [3.63, 3.8) is 0 Å². The largest absolute Gasteiger partial charge is 0.495 e. The minimum absolute atomic E-state index is 0.148. The van der Waals surface area contributed by atoms with Gasteiger partial charge in [0.1, 0.15) is 11.6 Å². The fourth-order valence-corrected chi connectivity index (χ4v) is 2.45. The van der Waals surface area contributed by atoms with E-state index in [-0.39, 0.29) is 5.91 Å². The Morgan fingerprint density at radius 1 is 1.00 bits per heavy atom. The van der Waals surface area contributed by atoms with Crippen molar-refractivity contribution in [2.45, 2.75) is 6.92 Å². The second-order valence-electron chi connectivity index (χ2n) is 5.53. The summed E-state index contributed by atoms with van der Waals surface area (Å²) in [5.41, 5.74) is 3.05. The summed E-state index contributed by atoms with van der Waals surface area (Å²) in [5, 5.41) is 6.05. The second-order valence-corrected chi connectivity index (χ2v) is 5.53. The molecule has 0 aliphatic rings. The predicted molar refractivity (Wildman–Crippen MR) is 99.6 cm³/mol. The minimum Gasteiger partial charge on any atom is -0.495 e. The number of aromatic nitrogens is 1. The molecule has 5 nitrogen and oxygen atoms in total. The van der Waals surface area contributed by atoms with Crippen LogP contribution in [-0.2, 0) is 0 Å². The number of methoxy groups -OCH3 is 1. The van der Waals surface area contributed by atoms with Crippen LogP contribution in [0, 0.1) is 6.92 Å². The summed E-state index contributed by atoms with van der Waals surface area (Å²) in [5.74, 6) is 1.25. The number of pyridine rings is 1. The quantitative estimate of drug-likeness (QED) is 0.727. The first kappa shape index (κ1) is 16.5. The summed E-state index contributed by atoms with van der Waals surface area (Å²) in [7, 11) is 1.62. The molecule has 0 saturated carbocycles. The average Bonchev–Trinajstić information content (AvgIpc) is 2.64. The van der Waals surface area contributed by atoms with E-state index in [2.05, 4.69) is 15.6 Å². The molecule has 2 aromatic carbocycles. The molecule has 3 rings (SSSR count). The van der Waals surface area contributed by atoms with Gasteiger partial charge >= 0.3 is 0 Å². The summed E-state index contributed by atoms with van der Waals surface area (Å²) >= 11 is 0. The molecular formula is C20H19N3O2. The van der Waals surface area contributed by atoms with Crippen LogP contribution in [0.2, 0.25) is 0 Å². The first-order chi connectivity index (χ1) is 12.2. The van der Waals surface area contributed by atoms with Crippen molar-refractivity contribution in [2.24, 2.45) is 0 Å². The third-order valence-corrected chi connectivity index (χ3v) is 3.78. The van der Waals surface area contributed by atoms with Gasteiger partial charge in [-0.05, 0) is 42.8 Å². The van der Waals surface area contributed by atoms with Gasteiger partial charge in [-0.2, -0.15) is 0 Å². The van der Waals surface area contributed by atoms with Crippen LogP contribution >= 0.6 is 0 Å². The number of aryl methyl sites for hydroxylation is 1. The van der Waals surface area contributed by atoms with Gasteiger partial charge in [-0.1, -0.05) is 30.3 Å². The number of carbonyl (C=O) groups is 1. The van der Waals surface area contributed by atoms with E-state index in [0.717, 1.165) is 17.0 Å². The molecule has 0 aliphatic heterocycles. The van der Waals surface area contributed by atoms with E-state index in [0.29, 0.717) is 17.1 Å². The number of ether oxygens (including phenoxy) is 1. The lowest BCUT2D eigenvalue weighted by Gasteiger charge is -2.11. The Morgan fingerprint density at radius 2 is 1.76 bits per heavy atom. The molecule has 2 N–H and O–H groups in total. The van der Waals surface area contributed by atoms with Crippen LogP contribution < -0.4 is 15.4 Å². The number of rotatable bonds is 5. The molecule has 0 bridgehead atoms. The third kappa shape index (κ3) is 3.95. The summed E-state index contributed by atoms with van der Waals surface area (Å²) in [6, 6.07) is 18.7. The molecule has 1 amide bonds. The van der Waals surface area contributed by atoms with Gasteiger partial charge in [0.15, 0.2) is 0 Å². The lowest BCUT2D eigenvalue weighted by Crippen LogP contribution is -2.13. The van der Waals surface area contributed by atoms with E-state index in [1.54, 1.807) is 31.5 Å². The molecule has 1 heterocycles. The number of nitrogens with one attached hydrogen (secondary N) is 2. The first-order valence-electron chi connectivity index (χ1n) is 7.90. The van der Waals surface area contributed by atoms with E-state index in [4.69, 9.17) is 4.74 Å². The summed E-state index contributed by atoms with van der Waals surface area (Å²) in [6.45, 7) is 1.91. The molecule has 0 atom stereocenters. The number of anilines is 3. The lowest BCUT2D eigenvalue weighted by atomic mass is 10.1. The second kappa shape index (κ2) is 7.49. The molecular weight excluding hydrogens is 314 g/mol. The fourth-order valence-electron chi connectivity index (χ4n) is 2.45. The Morgan fingerprint density at radius 3 is 2.48 bits per heavy atom. The maximum Gasteiger partial charge on any atom is 0.255 e. The van der Waals surface area contributed by atoms with Gasteiger partial charge < -0.3 is 15.4 Å². The molecule has 1 aromatic heterocycles. The smallest absolute Gasteiger partial charge is 0.255 e. The zero-order valence-corrected chi connectivity index (χ0v) is 14.1. The maximum atomic E-state index is 12.3. The molecule has 3 aromatic rings. The highest BCUT2D eigenvalue weighted by atomic mass is 16.5. The summed E-state index contributed by atoms with van der Waals surface area (Å²) in [6.07, 6.45) is 1.62. The Bertz CT molecular complexity index is 876. The van der Waals surface area contributed by atoms with Crippen LogP contribution in [0.25, 0.3) is 0 Å². The van der Waals surface area contributed by atoms with E-state index in [9.17, 15) is 4.79 Å². The van der Waals surface area contributed by atoms with Crippen molar-refractivity contribution in [3.05, 3.63) is 78.0 Å². The van der Waals surface area contributed by atoms with Crippen LogP contribution in [0.1, 0.15) is 15.9 Å². The van der Waals surface area contributed by atoms with Crippen LogP contribution in [0.4, 0.5) is 17.2 Å². The monoisotopic (exact) mass is 333 g/mol. The van der Waals surface area contributed by atoms with Gasteiger partial charge in [-0.25, -0.2) is 4.98 Å². The van der Waals surface area contributed by atoms with Crippen molar-refractivity contribution in [2.75, 3.05) is 17.7 Å². The van der Waals surface area contributed by atoms with Crippen LogP contribution in [-0.4, -0.2) is 18.0 Å². The van der Waals surface area contributed by atoms with Gasteiger partial charge in [-0.3, -0.25) is 4.79 Å². The van der Waals surface area contributed by atoms with E-state index < -0.39 is 0 Å². The Balaban J connectivity index is 1.70. The van der Waals surface area contributed by atoms with Crippen molar-refractivity contribution >= 4 is 23.1 Å². The van der Waals surface area contributed by atoms with Gasteiger partial charge in [0.2, 0.25) is 0 Å². The number of hydrogen-bond donors (Lipinski definition) is 2. The minimum atomic E-state index is -0.148. The van der Waals surface area contributed by atoms with Gasteiger partial charge in [0.05, 0.1) is 24.7 Å².